The van der Waals surface area contributed by atoms with Crippen LogP contribution in [0, 0.1) is 9.49 Å². The van der Waals surface area contributed by atoms with Gasteiger partial charge in [0, 0.05) is 22.6 Å². The van der Waals surface area contributed by atoms with Crippen molar-refractivity contribution in [1.82, 2.24) is 4.90 Å². The van der Waals surface area contributed by atoms with Crippen molar-refractivity contribution in [2.75, 3.05) is 19.7 Å². The molecule has 0 spiro atoms. The van der Waals surface area contributed by atoms with Crippen LogP contribution in [0.1, 0.15) is 33.6 Å². The highest BCUT2D eigenvalue weighted by Crippen LogP contribution is 2.28. The van der Waals surface area contributed by atoms with Crippen molar-refractivity contribution in [2.24, 2.45) is 5.92 Å². The summed E-state index contributed by atoms with van der Waals surface area (Å²) in [5, 5.41) is 0. The number of piperidine rings is 1. The summed E-state index contributed by atoms with van der Waals surface area (Å²) in [5.74, 6) is 1.19. The third-order valence-corrected chi connectivity index (χ3v) is 4.86. The van der Waals surface area contributed by atoms with Crippen LogP contribution in [0.25, 0.3) is 0 Å². The van der Waals surface area contributed by atoms with Crippen LogP contribution in [0.5, 0.6) is 5.75 Å². The normalized spacial score (nSPS) is 18.7. The zero-order valence-electron chi connectivity index (χ0n) is 13.8. The molecule has 4 nitrogen and oxygen atoms in total. The summed E-state index contributed by atoms with van der Waals surface area (Å²) in [4.78, 5) is 14.0. The molecule has 1 atom stereocenters. The fourth-order valence-electron chi connectivity index (χ4n) is 2.49. The molecule has 23 heavy (non-hydrogen) atoms. The highest BCUT2D eigenvalue weighted by atomic mass is 127. The Kier molecular flexibility index (Phi) is 6.59. The van der Waals surface area contributed by atoms with Gasteiger partial charge < -0.3 is 14.4 Å². The summed E-state index contributed by atoms with van der Waals surface area (Å²) in [6.45, 7) is 7.74. The monoisotopic (exact) mass is 495 g/mol. The van der Waals surface area contributed by atoms with E-state index in [9.17, 15) is 4.79 Å². The number of rotatable bonds is 3. The number of likely N-dealkylation sites (tertiary alicyclic amines) is 1. The average molecular weight is 496 g/mol. The molecular weight excluding hydrogens is 473 g/mol. The van der Waals surface area contributed by atoms with E-state index in [1.165, 1.54) is 0 Å². The maximum absolute atomic E-state index is 12.2. The summed E-state index contributed by atoms with van der Waals surface area (Å²) in [6.07, 6.45) is 1.83. The van der Waals surface area contributed by atoms with E-state index < -0.39 is 5.60 Å². The van der Waals surface area contributed by atoms with E-state index in [1.54, 1.807) is 4.90 Å². The van der Waals surface area contributed by atoms with Gasteiger partial charge in [-0.2, -0.15) is 0 Å². The van der Waals surface area contributed by atoms with Crippen LogP contribution in [0.3, 0.4) is 0 Å². The second kappa shape index (κ2) is 8.05. The van der Waals surface area contributed by atoms with Gasteiger partial charge in [-0.15, -0.1) is 0 Å². The van der Waals surface area contributed by atoms with E-state index in [4.69, 9.17) is 9.47 Å². The number of ether oxygens (including phenoxy) is 2. The SMILES string of the molecule is CC(C)(C)OC(=O)N1CCCC(COc2cc(I)ccc2Br)C1. The Hall–Kier alpha value is -0.500. The fraction of sp³-hybridized carbons (Fsp3) is 0.588. The predicted molar refractivity (Wildman–Crippen MR) is 103 cm³/mol. The molecular formula is C17H23BrINO3. The third kappa shape index (κ3) is 6.14. The molecule has 0 radical (unpaired) electrons. The first-order chi connectivity index (χ1) is 10.7. The number of benzene rings is 1. The molecule has 0 bridgehead atoms. The molecule has 1 unspecified atom stereocenters. The van der Waals surface area contributed by atoms with Crippen LogP contribution in [-0.2, 0) is 4.74 Å². The number of carbonyl (C=O) groups is 1. The molecule has 2 rings (SSSR count). The van der Waals surface area contributed by atoms with Gasteiger partial charge in [0.05, 0.1) is 11.1 Å². The third-order valence-electron chi connectivity index (χ3n) is 3.54. The van der Waals surface area contributed by atoms with Crippen LogP contribution in [0.4, 0.5) is 4.79 Å². The topological polar surface area (TPSA) is 38.8 Å². The molecule has 128 valence electrons. The lowest BCUT2D eigenvalue weighted by atomic mass is 9.99. The molecule has 1 aliphatic heterocycles. The summed E-state index contributed by atoms with van der Waals surface area (Å²) >= 11 is 5.78. The van der Waals surface area contributed by atoms with Gasteiger partial charge in [0.25, 0.3) is 0 Å². The lowest BCUT2D eigenvalue weighted by Gasteiger charge is -2.34. The van der Waals surface area contributed by atoms with Gasteiger partial charge in [-0.1, -0.05) is 0 Å². The van der Waals surface area contributed by atoms with Gasteiger partial charge in [-0.3, -0.25) is 0 Å². The van der Waals surface area contributed by atoms with Gasteiger partial charge in [-0.05, 0) is 90.3 Å². The van der Waals surface area contributed by atoms with E-state index in [0.29, 0.717) is 19.1 Å². The second-order valence-corrected chi connectivity index (χ2v) is 8.92. The average Bonchev–Trinajstić information content (AvgIpc) is 2.47. The van der Waals surface area contributed by atoms with E-state index in [0.717, 1.165) is 33.2 Å². The molecule has 1 aliphatic rings. The Balaban J connectivity index is 1.89. The highest BCUT2D eigenvalue weighted by Gasteiger charge is 2.28. The van der Waals surface area contributed by atoms with Crippen LogP contribution in [0.15, 0.2) is 22.7 Å². The van der Waals surface area contributed by atoms with Crippen molar-refractivity contribution in [1.29, 1.82) is 0 Å². The van der Waals surface area contributed by atoms with Crippen molar-refractivity contribution in [2.45, 2.75) is 39.2 Å². The van der Waals surface area contributed by atoms with Crippen molar-refractivity contribution >= 4 is 44.6 Å². The summed E-state index contributed by atoms with van der Waals surface area (Å²) in [6, 6.07) is 6.03. The van der Waals surface area contributed by atoms with Crippen molar-refractivity contribution in [3.63, 3.8) is 0 Å². The number of nitrogens with zero attached hydrogens (tertiary/aromatic N) is 1. The Bertz CT molecular complexity index is 559. The largest absolute Gasteiger partial charge is 0.492 e. The van der Waals surface area contributed by atoms with Crippen molar-refractivity contribution < 1.29 is 14.3 Å². The van der Waals surface area contributed by atoms with Crippen molar-refractivity contribution in [3.05, 3.63) is 26.2 Å². The van der Waals surface area contributed by atoms with Crippen LogP contribution < -0.4 is 4.74 Å². The standard InChI is InChI=1S/C17H23BrINO3/c1-17(2,3)23-16(21)20-8-4-5-12(10-20)11-22-15-9-13(19)6-7-14(15)18/h6-7,9,12H,4-5,8,10-11H2,1-3H3. The van der Waals surface area contributed by atoms with Crippen LogP contribution in [-0.4, -0.2) is 36.3 Å². The molecule has 1 fully saturated rings. The van der Waals surface area contributed by atoms with Crippen LogP contribution in [0.2, 0.25) is 0 Å². The fourth-order valence-corrected chi connectivity index (χ4v) is 3.31. The van der Waals surface area contributed by atoms with E-state index >= 15 is 0 Å². The molecule has 6 heteroatoms. The summed E-state index contributed by atoms with van der Waals surface area (Å²) in [7, 11) is 0. The maximum atomic E-state index is 12.2. The number of carbonyl (C=O) groups excluding carboxylic acids is 1. The molecule has 0 saturated carbocycles. The van der Waals surface area contributed by atoms with Gasteiger partial charge in [0.15, 0.2) is 0 Å². The second-order valence-electron chi connectivity index (χ2n) is 6.82. The lowest BCUT2D eigenvalue weighted by Crippen LogP contribution is -2.44. The Morgan fingerprint density at radius 3 is 2.87 bits per heavy atom. The predicted octanol–water partition coefficient (Wildman–Crippen LogP) is 5.08. The van der Waals surface area contributed by atoms with Gasteiger partial charge >= 0.3 is 6.09 Å². The molecule has 1 saturated heterocycles. The molecule has 0 aliphatic carbocycles. The van der Waals surface area contributed by atoms with Gasteiger partial charge in [0.1, 0.15) is 11.4 Å². The first-order valence-corrected chi connectivity index (χ1v) is 9.67. The smallest absolute Gasteiger partial charge is 0.410 e. The molecule has 1 aromatic rings. The Morgan fingerprint density at radius 1 is 1.43 bits per heavy atom. The summed E-state index contributed by atoms with van der Waals surface area (Å²) < 4.78 is 13.5. The number of halogens is 2. The summed E-state index contributed by atoms with van der Waals surface area (Å²) in [5.41, 5.74) is -0.452. The number of hydrogen-bond acceptors (Lipinski definition) is 3. The molecule has 1 amide bonds. The first-order valence-electron chi connectivity index (χ1n) is 7.80. The number of hydrogen-bond donors (Lipinski definition) is 0. The Labute approximate surface area is 160 Å². The highest BCUT2D eigenvalue weighted by molar-refractivity contribution is 14.1. The molecule has 0 aromatic heterocycles. The van der Waals surface area contributed by atoms with E-state index in [2.05, 4.69) is 38.5 Å². The quantitative estimate of drug-likeness (QED) is 0.549. The minimum atomic E-state index is -0.452. The lowest BCUT2D eigenvalue weighted by molar-refractivity contribution is 0.0139. The van der Waals surface area contributed by atoms with Gasteiger partial charge in [0.2, 0.25) is 0 Å². The van der Waals surface area contributed by atoms with Crippen LogP contribution >= 0.6 is 38.5 Å². The maximum Gasteiger partial charge on any atom is 0.410 e. The minimum absolute atomic E-state index is 0.224. The number of amides is 1. The first kappa shape index (κ1) is 18.8. The minimum Gasteiger partial charge on any atom is -0.492 e. The molecule has 0 N–H and O–H groups in total. The molecule has 1 heterocycles. The van der Waals surface area contributed by atoms with Gasteiger partial charge in [-0.25, -0.2) is 4.79 Å². The Morgan fingerprint density at radius 2 is 2.17 bits per heavy atom. The van der Waals surface area contributed by atoms with E-state index in [-0.39, 0.29) is 6.09 Å². The zero-order valence-corrected chi connectivity index (χ0v) is 17.5. The van der Waals surface area contributed by atoms with E-state index in [1.807, 2.05) is 39.0 Å². The molecule has 1 aromatic carbocycles. The zero-order chi connectivity index (χ0) is 17.0. The van der Waals surface area contributed by atoms with Crippen molar-refractivity contribution in [3.8, 4) is 5.75 Å².